The van der Waals surface area contributed by atoms with Gasteiger partial charge in [-0.3, -0.25) is 4.79 Å². The summed E-state index contributed by atoms with van der Waals surface area (Å²) >= 11 is 0. The lowest BCUT2D eigenvalue weighted by molar-refractivity contribution is -0.126. The van der Waals surface area contributed by atoms with E-state index < -0.39 is 0 Å². The van der Waals surface area contributed by atoms with Gasteiger partial charge < -0.3 is 15.5 Å². The Morgan fingerprint density at radius 2 is 2.09 bits per heavy atom. The number of benzene rings is 1. The number of nitrogens with zero attached hydrogens (tertiary/aromatic N) is 2. The Morgan fingerprint density at radius 1 is 1.36 bits per heavy atom. The number of nitrogens with one attached hydrogen (secondary N) is 2. The molecule has 1 amide bonds. The molecule has 0 atom stereocenters. The minimum atomic E-state index is 0. The van der Waals surface area contributed by atoms with E-state index in [-0.39, 0.29) is 24.2 Å². The van der Waals surface area contributed by atoms with Crippen LogP contribution in [0.2, 0.25) is 0 Å². The number of amides is 1. The number of halogens is 1. The Hall–Kier alpha value is -1.85. The van der Waals surface area contributed by atoms with Crippen LogP contribution >= 0.6 is 12.4 Å². The van der Waals surface area contributed by atoms with E-state index in [0.29, 0.717) is 6.54 Å². The van der Waals surface area contributed by atoms with Gasteiger partial charge in [0.1, 0.15) is 5.82 Å². The molecule has 3 rings (SSSR count). The molecule has 6 heteroatoms. The van der Waals surface area contributed by atoms with Gasteiger partial charge in [0, 0.05) is 39.1 Å². The molecule has 1 fully saturated rings. The third-order valence-corrected chi connectivity index (χ3v) is 3.85. The number of hydrogen-bond donors (Lipinski definition) is 2. The number of hydrogen-bond acceptors (Lipinski definition) is 4. The third-order valence-electron chi connectivity index (χ3n) is 3.85. The third kappa shape index (κ3) is 3.31. The van der Waals surface area contributed by atoms with Crippen LogP contribution in [-0.4, -0.2) is 38.1 Å². The first kappa shape index (κ1) is 16.5. The fourth-order valence-electron chi connectivity index (χ4n) is 2.41. The summed E-state index contributed by atoms with van der Waals surface area (Å²) in [5.41, 5.74) is 2.06. The van der Waals surface area contributed by atoms with E-state index in [0.717, 1.165) is 35.4 Å². The van der Waals surface area contributed by atoms with Crippen LogP contribution in [0.1, 0.15) is 5.56 Å². The maximum atomic E-state index is 12.0. The van der Waals surface area contributed by atoms with Crippen molar-refractivity contribution in [2.45, 2.75) is 6.54 Å². The highest BCUT2D eigenvalue weighted by atomic mass is 35.5. The van der Waals surface area contributed by atoms with Crippen molar-refractivity contribution >= 4 is 35.0 Å². The lowest BCUT2D eigenvalue weighted by Crippen LogP contribution is -2.50. The minimum absolute atomic E-state index is 0. The Morgan fingerprint density at radius 3 is 2.73 bits per heavy atom. The van der Waals surface area contributed by atoms with Gasteiger partial charge in [0.25, 0.3) is 0 Å². The first-order valence-electron chi connectivity index (χ1n) is 7.19. The van der Waals surface area contributed by atoms with Crippen molar-refractivity contribution in [2.24, 2.45) is 5.92 Å². The standard InChI is InChI=1S/C16H20N4O.ClH/c1-20(2)15-7-11(10-18-16(21)12-8-17-9-12)13-5-3-4-6-14(13)19-15;/h3-7,12,17H,8-10H2,1-2H3,(H,18,21);1H. The van der Waals surface area contributed by atoms with Crippen LogP contribution in [0.5, 0.6) is 0 Å². The molecular formula is C16H21ClN4O. The molecular weight excluding hydrogens is 300 g/mol. The van der Waals surface area contributed by atoms with Crippen LogP contribution < -0.4 is 15.5 Å². The maximum Gasteiger partial charge on any atom is 0.225 e. The summed E-state index contributed by atoms with van der Waals surface area (Å²) in [5, 5.41) is 7.24. The van der Waals surface area contributed by atoms with Crippen LogP contribution in [0.15, 0.2) is 30.3 Å². The number of anilines is 1. The second-order valence-electron chi connectivity index (χ2n) is 5.62. The fourth-order valence-corrected chi connectivity index (χ4v) is 2.41. The molecule has 0 bridgehead atoms. The summed E-state index contributed by atoms with van der Waals surface area (Å²) in [6.45, 7) is 2.11. The first-order valence-corrected chi connectivity index (χ1v) is 7.19. The summed E-state index contributed by atoms with van der Waals surface area (Å²) in [5.74, 6) is 1.15. The molecule has 1 aromatic heterocycles. The number of para-hydroxylation sites is 1. The highest BCUT2D eigenvalue weighted by Gasteiger charge is 2.24. The molecule has 2 aromatic rings. The highest BCUT2D eigenvalue weighted by Crippen LogP contribution is 2.22. The first-order chi connectivity index (χ1) is 10.1. The van der Waals surface area contributed by atoms with E-state index in [9.17, 15) is 4.79 Å². The van der Waals surface area contributed by atoms with Gasteiger partial charge in [0.05, 0.1) is 11.4 Å². The van der Waals surface area contributed by atoms with Crippen LogP contribution in [0.25, 0.3) is 10.9 Å². The van der Waals surface area contributed by atoms with Gasteiger partial charge in [0.15, 0.2) is 0 Å². The summed E-state index contributed by atoms with van der Waals surface area (Å²) in [6, 6.07) is 10.1. The molecule has 2 N–H and O–H groups in total. The average molecular weight is 321 g/mol. The molecule has 0 saturated carbocycles. The highest BCUT2D eigenvalue weighted by molar-refractivity contribution is 5.86. The molecule has 1 saturated heterocycles. The van der Waals surface area contributed by atoms with Crippen molar-refractivity contribution in [1.82, 2.24) is 15.6 Å². The maximum absolute atomic E-state index is 12.0. The topological polar surface area (TPSA) is 57.3 Å². The largest absolute Gasteiger partial charge is 0.363 e. The van der Waals surface area contributed by atoms with Gasteiger partial charge in [-0.25, -0.2) is 4.98 Å². The number of carbonyl (C=O) groups is 1. The normalized spacial score (nSPS) is 14.1. The molecule has 0 aliphatic carbocycles. The molecule has 1 aromatic carbocycles. The SMILES string of the molecule is CN(C)c1cc(CNC(=O)C2CNC2)c2ccccc2n1.Cl. The second kappa shape index (κ2) is 6.94. The lowest BCUT2D eigenvalue weighted by atomic mass is 10.0. The van der Waals surface area contributed by atoms with Gasteiger partial charge >= 0.3 is 0 Å². The average Bonchev–Trinajstić information content (AvgIpc) is 2.42. The van der Waals surface area contributed by atoms with Gasteiger partial charge in [-0.15, -0.1) is 12.4 Å². The van der Waals surface area contributed by atoms with E-state index in [1.54, 1.807) is 0 Å². The van der Waals surface area contributed by atoms with Crippen LogP contribution in [0, 0.1) is 5.92 Å². The molecule has 118 valence electrons. The van der Waals surface area contributed by atoms with Crippen LogP contribution in [0.4, 0.5) is 5.82 Å². The number of fused-ring (bicyclic) bond motifs is 1. The predicted octanol–water partition coefficient (Wildman–Crippen LogP) is 1.56. The van der Waals surface area contributed by atoms with Crippen molar-refractivity contribution in [3.63, 3.8) is 0 Å². The molecule has 2 heterocycles. The van der Waals surface area contributed by atoms with E-state index in [1.165, 1.54) is 0 Å². The van der Waals surface area contributed by atoms with Gasteiger partial charge in [-0.2, -0.15) is 0 Å². The van der Waals surface area contributed by atoms with Crippen LogP contribution in [0.3, 0.4) is 0 Å². The summed E-state index contributed by atoms with van der Waals surface area (Å²) in [6.07, 6.45) is 0. The van der Waals surface area contributed by atoms with Crippen molar-refractivity contribution in [2.75, 3.05) is 32.1 Å². The Labute approximate surface area is 136 Å². The number of carbonyl (C=O) groups excluding carboxylic acids is 1. The lowest BCUT2D eigenvalue weighted by Gasteiger charge is -2.26. The van der Waals surface area contributed by atoms with Crippen molar-refractivity contribution < 1.29 is 4.79 Å². The van der Waals surface area contributed by atoms with Gasteiger partial charge in [-0.1, -0.05) is 18.2 Å². The number of pyridine rings is 1. The van der Waals surface area contributed by atoms with Crippen molar-refractivity contribution in [3.8, 4) is 0 Å². The molecule has 0 radical (unpaired) electrons. The van der Waals surface area contributed by atoms with E-state index >= 15 is 0 Å². The van der Waals surface area contributed by atoms with Crippen molar-refractivity contribution in [3.05, 3.63) is 35.9 Å². The zero-order valence-corrected chi connectivity index (χ0v) is 13.6. The second-order valence-corrected chi connectivity index (χ2v) is 5.62. The molecule has 1 aliphatic rings. The summed E-state index contributed by atoms with van der Waals surface area (Å²) in [4.78, 5) is 18.6. The number of aromatic nitrogens is 1. The Kier molecular flexibility index (Phi) is 5.21. The molecule has 22 heavy (non-hydrogen) atoms. The van der Waals surface area contributed by atoms with E-state index in [4.69, 9.17) is 0 Å². The quantitative estimate of drug-likeness (QED) is 0.897. The fraction of sp³-hybridized carbons (Fsp3) is 0.375. The smallest absolute Gasteiger partial charge is 0.225 e. The van der Waals surface area contributed by atoms with Crippen LogP contribution in [-0.2, 0) is 11.3 Å². The zero-order chi connectivity index (χ0) is 14.8. The molecule has 0 spiro atoms. The predicted molar refractivity (Wildman–Crippen MR) is 91.5 cm³/mol. The van der Waals surface area contributed by atoms with E-state index in [1.807, 2.05) is 49.3 Å². The molecule has 0 unspecified atom stereocenters. The molecule has 5 nitrogen and oxygen atoms in total. The minimum Gasteiger partial charge on any atom is -0.363 e. The molecule has 1 aliphatic heterocycles. The monoisotopic (exact) mass is 320 g/mol. The Balaban J connectivity index is 0.00000176. The van der Waals surface area contributed by atoms with Gasteiger partial charge in [0.2, 0.25) is 5.91 Å². The van der Waals surface area contributed by atoms with E-state index in [2.05, 4.69) is 15.6 Å². The van der Waals surface area contributed by atoms with Crippen molar-refractivity contribution in [1.29, 1.82) is 0 Å². The summed E-state index contributed by atoms with van der Waals surface area (Å²) < 4.78 is 0. The van der Waals surface area contributed by atoms with Gasteiger partial charge in [-0.05, 0) is 17.7 Å². The number of rotatable bonds is 4. The Bertz CT molecular complexity index is 670. The zero-order valence-electron chi connectivity index (χ0n) is 12.8. The summed E-state index contributed by atoms with van der Waals surface area (Å²) in [7, 11) is 3.94.